The molecular weight excluding hydrogens is 272 g/mol. The molecule has 4 rings (SSSR count). The maximum atomic E-state index is 12.6. The van der Waals surface area contributed by atoms with Crippen molar-refractivity contribution in [2.24, 2.45) is 23.7 Å². The fourth-order valence-electron chi connectivity index (χ4n) is 4.39. The van der Waals surface area contributed by atoms with Gasteiger partial charge in [0.1, 0.15) is 0 Å². The maximum Gasteiger partial charge on any atom is 0.269 e. The minimum absolute atomic E-state index is 0.0434. The van der Waals surface area contributed by atoms with Crippen molar-refractivity contribution in [3.8, 4) is 0 Å². The van der Waals surface area contributed by atoms with E-state index in [4.69, 9.17) is 0 Å². The second-order valence-electron chi connectivity index (χ2n) is 6.17. The van der Waals surface area contributed by atoms with Gasteiger partial charge in [-0.2, -0.15) is 0 Å². The Labute approximate surface area is 120 Å². The van der Waals surface area contributed by atoms with Crippen molar-refractivity contribution >= 4 is 23.2 Å². The molecule has 2 aliphatic carbocycles. The fourth-order valence-corrected chi connectivity index (χ4v) is 4.39. The van der Waals surface area contributed by atoms with Crippen LogP contribution in [0, 0.1) is 33.8 Å². The van der Waals surface area contributed by atoms with Crippen molar-refractivity contribution in [3.63, 3.8) is 0 Å². The van der Waals surface area contributed by atoms with Gasteiger partial charge in [-0.3, -0.25) is 24.6 Å². The molecule has 0 N–H and O–H groups in total. The molecule has 2 bridgehead atoms. The third kappa shape index (κ3) is 1.58. The molecule has 0 spiro atoms. The minimum atomic E-state index is -0.494. The molecule has 1 aromatic carbocycles. The first kappa shape index (κ1) is 12.5. The van der Waals surface area contributed by atoms with Gasteiger partial charge in [0.15, 0.2) is 0 Å². The lowest BCUT2D eigenvalue weighted by Gasteiger charge is -2.19. The minimum Gasteiger partial charge on any atom is -0.274 e. The number of nitro benzene ring substituents is 1. The van der Waals surface area contributed by atoms with E-state index < -0.39 is 4.92 Å². The molecule has 0 aromatic heterocycles. The van der Waals surface area contributed by atoms with E-state index in [0.29, 0.717) is 17.5 Å². The third-order valence-electron chi connectivity index (χ3n) is 5.25. The van der Waals surface area contributed by atoms with Crippen LogP contribution in [-0.4, -0.2) is 16.7 Å². The molecule has 3 fully saturated rings. The van der Waals surface area contributed by atoms with Gasteiger partial charge in [-0.25, -0.2) is 0 Å². The van der Waals surface area contributed by atoms with Gasteiger partial charge in [0.25, 0.3) is 5.69 Å². The van der Waals surface area contributed by atoms with Gasteiger partial charge < -0.3 is 0 Å². The average Bonchev–Trinajstić information content (AvgIpc) is 3.13. The van der Waals surface area contributed by atoms with Gasteiger partial charge in [0.05, 0.1) is 22.4 Å². The quantitative estimate of drug-likeness (QED) is 0.474. The molecule has 6 nitrogen and oxygen atoms in total. The number of nitro groups is 1. The fraction of sp³-hybridized carbons (Fsp3) is 0.467. The summed E-state index contributed by atoms with van der Waals surface area (Å²) < 4.78 is 0. The van der Waals surface area contributed by atoms with E-state index in [0.717, 1.165) is 19.3 Å². The zero-order valence-corrected chi connectivity index (χ0v) is 11.3. The van der Waals surface area contributed by atoms with Crippen molar-refractivity contribution in [2.45, 2.75) is 19.3 Å². The van der Waals surface area contributed by atoms with E-state index in [-0.39, 0.29) is 29.3 Å². The van der Waals surface area contributed by atoms with Crippen molar-refractivity contribution in [2.75, 3.05) is 4.90 Å². The summed E-state index contributed by atoms with van der Waals surface area (Å²) in [4.78, 5) is 36.6. The Morgan fingerprint density at radius 2 is 1.52 bits per heavy atom. The van der Waals surface area contributed by atoms with Crippen LogP contribution < -0.4 is 4.90 Å². The summed E-state index contributed by atoms with van der Waals surface area (Å²) in [7, 11) is 0. The van der Waals surface area contributed by atoms with Gasteiger partial charge in [-0.15, -0.1) is 0 Å². The summed E-state index contributed by atoms with van der Waals surface area (Å²) >= 11 is 0. The number of imide groups is 1. The SMILES string of the molecule is O=C1[C@@H]2[C@@H]3CC[C@@H](C3)[C@@H]2C(=O)N1c1ccc([N+](=O)[O-])cc1. The topological polar surface area (TPSA) is 80.5 Å². The zero-order chi connectivity index (χ0) is 14.7. The van der Waals surface area contributed by atoms with E-state index in [1.807, 2.05) is 0 Å². The van der Waals surface area contributed by atoms with Crippen molar-refractivity contribution in [1.82, 2.24) is 0 Å². The molecule has 1 heterocycles. The first-order valence-electron chi connectivity index (χ1n) is 7.20. The van der Waals surface area contributed by atoms with E-state index in [1.165, 1.54) is 29.2 Å². The number of rotatable bonds is 2. The monoisotopic (exact) mass is 286 g/mol. The zero-order valence-electron chi connectivity index (χ0n) is 11.3. The number of nitrogens with zero attached hydrogens (tertiary/aromatic N) is 2. The van der Waals surface area contributed by atoms with E-state index in [2.05, 4.69) is 0 Å². The summed E-state index contributed by atoms with van der Waals surface area (Å²) in [6.45, 7) is 0. The molecule has 21 heavy (non-hydrogen) atoms. The van der Waals surface area contributed by atoms with Crippen LogP contribution in [0.15, 0.2) is 24.3 Å². The molecule has 108 valence electrons. The lowest BCUT2D eigenvalue weighted by molar-refractivity contribution is -0.384. The Kier molecular flexibility index (Phi) is 2.46. The Bertz CT molecular complexity index is 626. The number of hydrogen-bond acceptors (Lipinski definition) is 4. The van der Waals surface area contributed by atoms with Crippen LogP contribution >= 0.6 is 0 Å². The van der Waals surface area contributed by atoms with Crippen molar-refractivity contribution < 1.29 is 14.5 Å². The predicted octanol–water partition coefficient (Wildman–Crippen LogP) is 2.13. The molecule has 2 saturated carbocycles. The number of carbonyl (C=O) groups excluding carboxylic acids is 2. The van der Waals surface area contributed by atoms with E-state index in [9.17, 15) is 19.7 Å². The lowest BCUT2D eigenvalue weighted by Crippen LogP contribution is -2.32. The summed E-state index contributed by atoms with van der Waals surface area (Å²) in [5.74, 6) is 0.133. The van der Waals surface area contributed by atoms with Crippen LogP contribution in [0.3, 0.4) is 0 Å². The molecule has 3 aliphatic rings. The summed E-state index contributed by atoms with van der Waals surface area (Å²) in [6, 6.07) is 5.63. The number of non-ortho nitro benzene ring substituents is 1. The molecule has 1 saturated heterocycles. The molecule has 1 aliphatic heterocycles. The Balaban J connectivity index is 1.68. The second-order valence-corrected chi connectivity index (χ2v) is 6.17. The number of anilines is 1. The number of hydrogen-bond donors (Lipinski definition) is 0. The highest BCUT2D eigenvalue weighted by molar-refractivity contribution is 6.22. The number of fused-ring (bicyclic) bond motifs is 5. The van der Waals surface area contributed by atoms with Crippen LogP contribution in [0.2, 0.25) is 0 Å². The van der Waals surface area contributed by atoms with Crippen molar-refractivity contribution in [1.29, 1.82) is 0 Å². The standard InChI is InChI=1S/C15H14N2O4/c18-14-12-8-1-2-9(7-8)13(12)15(19)16(14)10-3-5-11(6-4-10)17(20)21/h3-6,8-9,12-13H,1-2,7H2/t8-,9+,12-,13+. The largest absolute Gasteiger partial charge is 0.274 e. The van der Waals surface area contributed by atoms with Crippen LogP contribution in [0.1, 0.15) is 19.3 Å². The highest BCUT2D eigenvalue weighted by Gasteiger charge is 2.61. The number of amides is 2. The third-order valence-corrected chi connectivity index (χ3v) is 5.25. The van der Waals surface area contributed by atoms with Crippen LogP contribution in [0.25, 0.3) is 0 Å². The first-order valence-corrected chi connectivity index (χ1v) is 7.20. The normalized spacial score (nSPS) is 33.6. The summed E-state index contributed by atoms with van der Waals surface area (Å²) in [6.07, 6.45) is 3.08. The molecule has 6 heteroatoms. The van der Waals surface area contributed by atoms with Gasteiger partial charge in [0.2, 0.25) is 11.8 Å². The second kappa shape index (κ2) is 4.13. The molecule has 0 radical (unpaired) electrons. The summed E-state index contributed by atoms with van der Waals surface area (Å²) in [5.41, 5.74) is 0.405. The molecule has 4 atom stereocenters. The summed E-state index contributed by atoms with van der Waals surface area (Å²) in [5, 5.41) is 10.7. The van der Waals surface area contributed by atoms with Crippen LogP contribution in [0.4, 0.5) is 11.4 Å². The van der Waals surface area contributed by atoms with E-state index >= 15 is 0 Å². The molecule has 0 unspecified atom stereocenters. The average molecular weight is 286 g/mol. The predicted molar refractivity (Wildman–Crippen MR) is 73.4 cm³/mol. The Hall–Kier alpha value is -2.24. The van der Waals surface area contributed by atoms with Gasteiger partial charge in [0, 0.05) is 12.1 Å². The van der Waals surface area contributed by atoms with Gasteiger partial charge >= 0.3 is 0 Å². The molecular formula is C15H14N2O4. The smallest absolute Gasteiger partial charge is 0.269 e. The Morgan fingerprint density at radius 3 is 2.00 bits per heavy atom. The molecule has 2 amide bonds. The van der Waals surface area contributed by atoms with Crippen LogP contribution in [0.5, 0.6) is 0 Å². The van der Waals surface area contributed by atoms with Gasteiger partial charge in [-0.05, 0) is 43.2 Å². The number of benzene rings is 1. The Morgan fingerprint density at radius 1 is 1.00 bits per heavy atom. The maximum absolute atomic E-state index is 12.6. The lowest BCUT2D eigenvalue weighted by atomic mass is 9.81. The van der Waals surface area contributed by atoms with E-state index in [1.54, 1.807) is 0 Å². The molecule has 1 aromatic rings. The van der Waals surface area contributed by atoms with Crippen LogP contribution in [-0.2, 0) is 9.59 Å². The van der Waals surface area contributed by atoms with Gasteiger partial charge in [-0.1, -0.05) is 0 Å². The highest BCUT2D eigenvalue weighted by atomic mass is 16.6. The first-order chi connectivity index (χ1) is 10.1. The highest BCUT2D eigenvalue weighted by Crippen LogP contribution is 2.56. The number of carbonyl (C=O) groups is 2. The van der Waals surface area contributed by atoms with Crippen molar-refractivity contribution in [3.05, 3.63) is 34.4 Å².